The van der Waals surface area contributed by atoms with Crippen LogP contribution in [0.15, 0.2) is 6.07 Å². The van der Waals surface area contributed by atoms with Gasteiger partial charge in [0.25, 0.3) is 0 Å². The maximum absolute atomic E-state index is 5.88. The highest BCUT2D eigenvalue weighted by Gasteiger charge is 2.34. The number of piperidine rings is 3. The highest BCUT2D eigenvalue weighted by atomic mass is 35.5. The molecule has 1 atom stereocenters. The van der Waals surface area contributed by atoms with Crippen LogP contribution in [0.2, 0.25) is 5.15 Å². The van der Waals surface area contributed by atoms with E-state index in [0.29, 0.717) is 11.2 Å². The average Bonchev–Trinajstić information content (AvgIpc) is 2.35. The first kappa shape index (κ1) is 11.2. The summed E-state index contributed by atoms with van der Waals surface area (Å²) >= 11 is 5.88. The zero-order chi connectivity index (χ0) is 11.8. The molecule has 17 heavy (non-hydrogen) atoms. The minimum absolute atomic E-state index is 0.490. The van der Waals surface area contributed by atoms with Crippen LogP contribution in [-0.4, -0.2) is 40.8 Å². The van der Waals surface area contributed by atoms with Gasteiger partial charge in [0.05, 0.1) is 0 Å². The lowest BCUT2D eigenvalue weighted by molar-refractivity contribution is 0.0973. The van der Waals surface area contributed by atoms with Crippen molar-refractivity contribution >= 4 is 17.4 Å². The zero-order valence-corrected chi connectivity index (χ0v) is 10.7. The van der Waals surface area contributed by atoms with E-state index >= 15 is 0 Å². The molecule has 0 unspecified atom stereocenters. The van der Waals surface area contributed by atoms with E-state index in [1.165, 1.54) is 25.9 Å². The van der Waals surface area contributed by atoms with Gasteiger partial charge in [-0.05, 0) is 50.4 Å². The van der Waals surface area contributed by atoms with Gasteiger partial charge in [-0.25, -0.2) is 0 Å². The van der Waals surface area contributed by atoms with Gasteiger partial charge in [0.15, 0.2) is 5.15 Å². The van der Waals surface area contributed by atoms with Gasteiger partial charge < -0.3 is 10.2 Å². The van der Waals surface area contributed by atoms with E-state index in [1.807, 2.05) is 13.0 Å². The Hall–Kier alpha value is -0.870. The molecule has 3 saturated heterocycles. The van der Waals surface area contributed by atoms with Crippen LogP contribution in [0.5, 0.6) is 0 Å². The second-order valence-electron chi connectivity index (χ2n) is 5.09. The zero-order valence-electron chi connectivity index (χ0n) is 9.99. The van der Waals surface area contributed by atoms with Gasteiger partial charge in [0.2, 0.25) is 0 Å². The van der Waals surface area contributed by atoms with Crippen LogP contribution in [0, 0.1) is 12.8 Å². The van der Waals surface area contributed by atoms with Crippen molar-refractivity contribution in [1.82, 2.24) is 15.1 Å². The normalized spacial score (nSPS) is 31.5. The molecule has 2 bridgehead atoms. The number of fused-ring (bicyclic) bond motifs is 3. The topological polar surface area (TPSA) is 41.0 Å². The van der Waals surface area contributed by atoms with Crippen molar-refractivity contribution in [3.05, 3.63) is 16.8 Å². The Labute approximate surface area is 106 Å². The number of nitrogens with zero attached hydrogens (tertiary/aromatic N) is 3. The van der Waals surface area contributed by atoms with Crippen LogP contribution in [0.1, 0.15) is 18.4 Å². The molecule has 92 valence electrons. The molecule has 3 aliphatic heterocycles. The smallest absolute Gasteiger partial charge is 0.154 e. The minimum atomic E-state index is 0.490. The highest BCUT2D eigenvalue weighted by Crippen LogP contribution is 2.29. The van der Waals surface area contributed by atoms with E-state index in [4.69, 9.17) is 11.6 Å². The molecule has 4 rings (SSSR count). The van der Waals surface area contributed by atoms with Gasteiger partial charge in [-0.1, -0.05) is 11.6 Å². The van der Waals surface area contributed by atoms with Crippen LogP contribution < -0.4 is 5.32 Å². The third-order valence-corrected chi connectivity index (χ3v) is 4.29. The van der Waals surface area contributed by atoms with E-state index < -0.39 is 0 Å². The van der Waals surface area contributed by atoms with Crippen molar-refractivity contribution in [2.45, 2.75) is 25.8 Å². The lowest BCUT2D eigenvalue weighted by atomic mass is 9.84. The fraction of sp³-hybridized carbons (Fsp3) is 0.667. The molecule has 0 radical (unpaired) electrons. The number of anilines is 1. The molecular formula is C12H17ClN4. The maximum Gasteiger partial charge on any atom is 0.154 e. The molecule has 1 aromatic rings. The molecule has 4 nitrogen and oxygen atoms in total. The van der Waals surface area contributed by atoms with Crippen LogP contribution >= 0.6 is 11.6 Å². The SMILES string of the molecule is Cc1cc(N[C@@H]2CN3CCC2CC3)nnc1Cl. The molecule has 1 N–H and O–H groups in total. The lowest BCUT2D eigenvalue weighted by Gasteiger charge is -2.45. The van der Waals surface area contributed by atoms with Crippen LogP contribution in [-0.2, 0) is 0 Å². The highest BCUT2D eigenvalue weighted by molar-refractivity contribution is 6.30. The van der Waals surface area contributed by atoms with Crippen molar-refractivity contribution in [3.63, 3.8) is 0 Å². The van der Waals surface area contributed by atoms with Crippen molar-refractivity contribution < 1.29 is 0 Å². The Morgan fingerprint density at radius 1 is 1.35 bits per heavy atom. The summed E-state index contributed by atoms with van der Waals surface area (Å²) in [5.41, 5.74) is 0.977. The first-order valence-corrected chi connectivity index (χ1v) is 6.59. The molecular weight excluding hydrogens is 236 g/mol. The first-order valence-electron chi connectivity index (χ1n) is 6.21. The van der Waals surface area contributed by atoms with Crippen molar-refractivity contribution in [2.24, 2.45) is 5.92 Å². The molecule has 0 amide bonds. The van der Waals surface area contributed by atoms with Crippen molar-refractivity contribution in [3.8, 4) is 0 Å². The fourth-order valence-electron chi connectivity index (χ4n) is 2.86. The van der Waals surface area contributed by atoms with E-state index in [2.05, 4.69) is 20.4 Å². The summed E-state index contributed by atoms with van der Waals surface area (Å²) < 4.78 is 0. The monoisotopic (exact) mass is 252 g/mol. The Kier molecular flexibility index (Phi) is 2.92. The fourth-order valence-corrected chi connectivity index (χ4v) is 2.95. The number of hydrogen-bond acceptors (Lipinski definition) is 4. The predicted octanol–water partition coefficient (Wildman–Crippen LogP) is 1.94. The van der Waals surface area contributed by atoms with Gasteiger partial charge in [-0.2, -0.15) is 0 Å². The summed E-state index contributed by atoms with van der Waals surface area (Å²) in [6.45, 7) is 5.61. The Bertz CT molecular complexity index is 415. The number of hydrogen-bond donors (Lipinski definition) is 1. The number of rotatable bonds is 2. The molecule has 0 aliphatic carbocycles. The summed E-state index contributed by atoms with van der Waals surface area (Å²) in [5.74, 6) is 1.64. The third kappa shape index (κ3) is 2.24. The molecule has 3 aliphatic rings. The summed E-state index contributed by atoms with van der Waals surface area (Å²) in [4.78, 5) is 2.52. The predicted molar refractivity (Wildman–Crippen MR) is 68.4 cm³/mol. The van der Waals surface area contributed by atoms with Gasteiger partial charge in [-0.3, -0.25) is 0 Å². The molecule has 1 aromatic heterocycles. The van der Waals surface area contributed by atoms with Crippen LogP contribution in [0.25, 0.3) is 0 Å². The second-order valence-corrected chi connectivity index (χ2v) is 5.45. The second kappa shape index (κ2) is 4.42. The summed E-state index contributed by atoms with van der Waals surface area (Å²) in [6, 6.07) is 2.50. The molecule has 5 heteroatoms. The van der Waals surface area contributed by atoms with Crippen molar-refractivity contribution in [2.75, 3.05) is 25.0 Å². The van der Waals surface area contributed by atoms with Crippen LogP contribution in [0.4, 0.5) is 5.82 Å². The summed E-state index contributed by atoms with van der Waals surface area (Å²) in [5, 5.41) is 12.0. The quantitative estimate of drug-likeness (QED) is 0.874. The number of halogens is 1. The van der Waals surface area contributed by atoms with Gasteiger partial charge >= 0.3 is 0 Å². The number of aromatic nitrogens is 2. The lowest BCUT2D eigenvalue weighted by Crippen LogP contribution is -2.53. The summed E-state index contributed by atoms with van der Waals surface area (Å²) in [6.07, 6.45) is 2.61. The summed E-state index contributed by atoms with van der Waals surface area (Å²) in [7, 11) is 0. The number of nitrogens with one attached hydrogen (secondary N) is 1. The molecule has 0 saturated carbocycles. The molecule has 4 heterocycles. The van der Waals surface area contributed by atoms with Gasteiger partial charge in [0, 0.05) is 12.6 Å². The van der Waals surface area contributed by atoms with Crippen LogP contribution in [0.3, 0.4) is 0 Å². The molecule has 0 spiro atoms. The first-order chi connectivity index (χ1) is 8.22. The van der Waals surface area contributed by atoms with E-state index in [-0.39, 0.29) is 0 Å². The van der Waals surface area contributed by atoms with E-state index in [1.54, 1.807) is 0 Å². The number of aryl methyl sites for hydroxylation is 1. The van der Waals surface area contributed by atoms with E-state index in [0.717, 1.165) is 23.8 Å². The standard InChI is InChI=1S/C12H17ClN4/c1-8-6-11(15-16-12(8)13)14-10-7-17-4-2-9(10)3-5-17/h6,9-10H,2-5,7H2,1H3,(H,14,15)/t10-/m1/s1. The van der Waals surface area contributed by atoms with Crippen molar-refractivity contribution in [1.29, 1.82) is 0 Å². The average molecular weight is 253 g/mol. The Morgan fingerprint density at radius 2 is 2.12 bits per heavy atom. The van der Waals surface area contributed by atoms with Gasteiger partial charge in [-0.15, -0.1) is 10.2 Å². The minimum Gasteiger partial charge on any atom is -0.364 e. The van der Waals surface area contributed by atoms with E-state index in [9.17, 15) is 0 Å². The van der Waals surface area contributed by atoms with Gasteiger partial charge in [0.1, 0.15) is 5.82 Å². The maximum atomic E-state index is 5.88. The molecule has 0 aromatic carbocycles. The third-order valence-electron chi connectivity index (χ3n) is 3.91. The largest absolute Gasteiger partial charge is 0.364 e. The Morgan fingerprint density at radius 3 is 2.71 bits per heavy atom. The Balaban J connectivity index is 1.72. The molecule has 3 fully saturated rings.